The Morgan fingerprint density at radius 1 is 0.667 bits per heavy atom. The van der Waals surface area contributed by atoms with Crippen LogP contribution < -0.4 is 0 Å². The molecule has 0 aliphatic carbocycles. The van der Waals surface area contributed by atoms with Gasteiger partial charge in [0.25, 0.3) is 0 Å². The molecule has 0 saturated heterocycles. The Bertz CT molecular complexity index is 330. The number of hydrogen-bond acceptors (Lipinski definition) is 2. The highest BCUT2D eigenvalue weighted by molar-refractivity contribution is 5.66. The molecule has 3 nitrogen and oxygen atoms in total. The molecule has 0 atom stereocenters. The van der Waals surface area contributed by atoms with Crippen LogP contribution in [0.2, 0.25) is 0 Å². The predicted octanol–water partition coefficient (Wildman–Crippen LogP) is 5.70. The molecule has 0 unspecified atom stereocenters. The highest BCUT2D eigenvalue weighted by Crippen LogP contribution is 2.33. The summed E-state index contributed by atoms with van der Waals surface area (Å²) in [6.07, 6.45) is -3.75. The van der Waals surface area contributed by atoms with Crippen molar-refractivity contribution < 1.29 is 36.2 Å². The first-order chi connectivity index (χ1) is 11.0. The Balaban J connectivity index is 3.55. The number of aliphatic carboxylic acids is 1. The third-order valence-corrected chi connectivity index (χ3v) is 3.63. The maximum Gasteiger partial charge on any atom is 0.467 e. The van der Waals surface area contributed by atoms with Crippen LogP contribution in [0.4, 0.5) is 26.3 Å². The second-order valence-corrected chi connectivity index (χ2v) is 5.77. The zero-order chi connectivity index (χ0) is 18.6. The molecule has 0 rings (SSSR count). The molecule has 24 heavy (non-hydrogen) atoms. The molecule has 0 bridgehead atoms. The fraction of sp³-hybridized carbons (Fsp3) is 0.933. The van der Waals surface area contributed by atoms with Crippen LogP contribution in [-0.4, -0.2) is 35.1 Å². The van der Waals surface area contributed by atoms with Crippen LogP contribution in [0.15, 0.2) is 0 Å². The molecule has 0 aliphatic heterocycles. The number of unbranched alkanes of at least 4 members (excludes halogenated alkanes) is 9. The Kier molecular flexibility index (Phi) is 11.1. The van der Waals surface area contributed by atoms with Gasteiger partial charge in [-0.15, -0.1) is 4.90 Å². The van der Waals surface area contributed by atoms with E-state index in [4.69, 9.17) is 5.11 Å². The van der Waals surface area contributed by atoms with Crippen molar-refractivity contribution in [3.8, 4) is 0 Å². The number of alkyl halides is 6. The van der Waals surface area contributed by atoms with E-state index in [0.717, 1.165) is 38.5 Å². The maximum absolute atomic E-state index is 12.2. The molecular weight excluding hydrogens is 340 g/mol. The molecule has 0 saturated carbocycles. The molecule has 0 aromatic heterocycles. The SMILES string of the molecule is O=C(O)CCCCCCCCCCCCN(C(F)(F)F)C(F)(F)F. The minimum absolute atomic E-state index is 0.145. The van der Waals surface area contributed by atoms with Gasteiger partial charge < -0.3 is 5.11 Å². The van der Waals surface area contributed by atoms with Crippen LogP contribution >= 0.6 is 0 Å². The highest BCUT2D eigenvalue weighted by Gasteiger charge is 2.53. The molecule has 9 heteroatoms. The smallest absolute Gasteiger partial charge is 0.467 e. The first-order valence-electron chi connectivity index (χ1n) is 8.18. The van der Waals surface area contributed by atoms with E-state index in [2.05, 4.69) is 0 Å². The van der Waals surface area contributed by atoms with Gasteiger partial charge >= 0.3 is 18.6 Å². The van der Waals surface area contributed by atoms with E-state index in [0.29, 0.717) is 19.3 Å². The van der Waals surface area contributed by atoms with Crippen molar-refractivity contribution in [1.29, 1.82) is 0 Å². The van der Waals surface area contributed by atoms with E-state index in [1.807, 2.05) is 0 Å². The molecule has 0 aromatic rings. The summed E-state index contributed by atoms with van der Waals surface area (Å²) in [7, 11) is 0. The van der Waals surface area contributed by atoms with Gasteiger partial charge in [-0.25, -0.2) is 0 Å². The van der Waals surface area contributed by atoms with Gasteiger partial charge in [0.05, 0.1) is 0 Å². The van der Waals surface area contributed by atoms with Crippen molar-refractivity contribution in [3.63, 3.8) is 0 Å². The molecule has 0 aliphatic rings. The minimum atomic E-state index is -5.39. The molecule has 0 fully saturated rings. The lowest BCUT2D eigenvalue weighted by Crippen LogP contribution is -2.48. The zero-order valence-electron chi connectivity index (χ0n) is 13.6. The Morgan fingerprint density at radius 2 is 1.00 bits per heavy atom. The number of hydrogen-bond donors (Lipinski definition) is 1. The van der Waals surface area contributed by atoms with E-state index in [1.54, 1.807) is 0 Å². The minimum Gasteiger partial charge on any atom is -0.481 e. The topological polar surface area (TPSA) is 40.5 Å². The monoisotopic (exact) mass is 365 g/mol. The van der Waals surface area contributed by atoms with Crippen LogP contribution in [0.1, 0.15) is 70.6 Å². The summed E-state index contributed by atoms with van der Waals surface area (Å²) in [6, 6.07) is 0. The van der Waals surface area contributed by atoms with Crippen LogP contribution in [0.25, 0.3) is 0 Å². The molecule has 0 heterocycles. The standard InChI is InChI=1S/C15H25F6NO2/c16-14(17,18)22(15(19,20)21)12-10-8-6-4-2-1-3-5-7-9-11-13(23)24/h1-12H2,(H,23,24). The third kappa shape index (κ3) is 12.4. The van der Waals surface area contributed by atoms with Gasteiger partial charge in [-0.1, -0.05) is 51.4 Å². The van der Waals surface area contributed by atoms with Crippen molar-refractivity contribution in [2.24, 2.45) is 0 Å². The number of carboxylic acid groups (broad SMARTS) is 1. The third-order valence-electron chi connectivity index (χ3n) is 3.63. The van der Waals surface area contributed by atoms with Crippen LogP contribution in [0.3, 0.4) is 0 Å². The predicted molar refractivity (Wildman–Crippen MR) is 77.2 cm³/mol. The van der Waals surface area contributed by atoms with E-state index in [-0.39, 0.29) is 12.8 Å². The fourth-order valence-electron chi connectivity index (χ4n) is 2.36. The quantitative estimate of drug-likeness (QED) is 0.258. The van der Waals surface area contributed by atoms with Crippen molar-refractivity contribution >= 4 is 5.97 Å². The lowest BCUT2D eigenvalue weighted by molar-refractivity contribution is -0.372. The summed E-state index contributed by atoms with van der Waals surface area (Å²) in [4.78, 5) is 8.91. The van der Waals surface area contributed by atoms with Crippen LogP contribution in [-0.2, 0) is 4.79 Å². The number of carboxylic acids is 1. The zero-order valence-corrected chi connectivity index (χ0v) is 13.6. The van der Waals surface area contributed by atoms with Crippen LogP contribution in [0, 0.1) is 0 Å². The van der Waals surface area contributed by atoms with Crippen molar-refractivity contribution in [2.45, 2.75) is 83.2 Å². The van der Waals surface area contributed by atoms with Gasteiger partial charge in [-0.3, -0.25) is 4.79 Å². The molecule has 0 amide bonds. The largest absolute Gasteiger partial charge is 0.481 e. The summed E-state index contributed by atoms with van der Waals surface area (Å²) in [6.45, 7) is -1.06. The van der Waals surface area contributed by atoms with Gasteiger partial charge in [0.2, 0.25) is 0 Å². The van der Waals surface area contributed by atoms with Crippen molar-refractivity contribution in [3.05, 3.63) is 0 Å². The van der Waals surface area contributed by atoms with Gasteiger partial charge in [-0.05, 0) is 12.8 Å². The van der Waals surface area contributed by atoms with E-state index in [1.165, 1.54) is 0 Å². The first kappa shape index (κ1) is 23.0. The molecule has 1 N–H and O–H groups in total. The number of halogens is 6. The number of nitrogens with zero attached hydrogens (tertiary/aromatic N) is 1. The second-order valence-electron chi connectivity index (χ2n) is 5.77. The second kappa shape index (κ2) is 11.5. The summed E-state index contributed by atoms with van der Waals surface area (Å²) in [5.74, 6) is -0.801. The average Bonchev–Trinajstić information content (AvgIpc) is 2.40. The normalized spacial score (nSPS) is 12.8. The summed E-state index contributed by atoms with van der Waals surface area (Å²) < 4.78 is 73.4. The van der Waals surface area contributed by atoms with Crippen molar-refractivity contribution in [2.75, 3.05) is 6.54 Å². The molecular formula is C15H25F6NO2. The van der Waals surface area contributed by atoms with E-state index in [9.17, 15) is 31.1 Å². The lowest BCUT2D eigenvalue weighted by Gasteiger charge is -2.26. The Labute approximate surface area is 138 Å². The lowest BCUT2D eigenvalue weighted by atomic mass is 10.1. The summed E-state index contributed by atoms with van der Waals surface area (Å²) in [5, 5.41) is 8.45. The van der Waals surface area contributed by atoms with E-state index >= 15 is 0 Å². The number of carbonyl (C=O) groups is 1. The van der Waals surface area contributed by atoms with Crippen molar-refractivity contribution in [1.82, 2.24) is 4.90 Å². The van der Waals surface area contributed by atoms with Gasteiger partial charge in [0, 0.05) is 13.0 Å². The molecule has 144 valence electrons. The summed E-state index contributed by atoms with van der Waals surface area (Å²) in [5.41, 5.74) is 0. The Hall–Kier alpha value is -0.990. The molecule has 0 spiro atoms. The maximum atomic E-state index is 12.2. The van der Waals surface area contributed by atoms with E-state index < -0.39 is 30.0 Å². The fourth-order valence-corrected chi connectivity index (χ4v) is 2.36. The summed E-state index contributed by atoms with van der Waals surface area (Å²) >= 11 is 0. The first-order valence-corrected chi connectivity index (χ1v) is 8.18. The van der Waals surface area contributed by atoms with Crippen LogP contribution in [0.5, 0.6) is 0 Å². The number of rotatable bonds is 13. The molecule has 0 aromatic carbocycles. The molecule has 0 radical (unpaired) electrons. The highest BCUT2D eigenvalue weighted by atomic mass is 19.4. The van der Waals surface area contributed by atoms with Gasteiger partial charge in [0.1, 0.15) is 0 Å². The van der Waals surface area contributed by atoms with Gasteiger partial charge in [0.15, 0.2) is 0 Å². The Morgan fingerprint density at radius 3 is 1.33 bits per heavy atom. The van der Waals surface area contributed by atoms with Gasteiger partial charge in [-0.2, -0.15) is 26.3 Å². The average molecular weight is 365 g/mol.